The number of ether oxygens (including phenoxy) is 1. The van der Waals surface area contributed by atoms with Crippen LogP contribution in [0, 0.1) is 5.92 Å². The zero-order valence-electron chi connectivity index (χ0n) is 10.6. The lowest BCUT2D eigenvalue weighted by Crippen LogP contribution is -2.28. The van der Waals surface area contributed by atoms with Gasteiger partial charge in [-0.1, -0.05) is 18.2 Å². The van der Waals surface area contributed by atoms with Gasteiger partial charge in [0.15, 0.2) is 0 Å². The van der Waals surface area contributed by atoms with Gasteiger partial charge in [0.1, 0.15) is 0 Å². The lowest BCUT2D eigenvalue weighted by molar-refractivity contribution is -0.122. The third-order valence-corrected chi connectivity index (χ3v) is 3.48. The highest BCUT2D eigenvalue weighted by atomic mass is 16.5. The van der Waals surface area contributed by atoms with Gasteiger partial charge < -0.3 is 10.1 Å². The average Bonchev–Trinajstić information content (AvgIpc) is 2.48. The van der Waals surface area contributed by atoms with E-state index in [0.717, 1.165) is 29.4 Å². The lowest BCUT2D eigenvalue weighted by Gasteiger charge is -2.21. The molecule has 4 heteroatoms. The van der Waals surface area contributed by atoms with Gasteiger partial charge in [-0.3, -0.25) is 9.78 Å². The van der Waals surface area contributed by atoms with E-state index in [-0.39, 0.29) is 11.8 Å². The van der Waals surface area contributed by atoms with Crippen molar-refractivity contribution in [3.63, 3.8) is 0 Å². The predicted octanol–water partition coefficient (Wildman–Crippen LogP) is 2.60. The van der Waals surface area contributed by atoms with Crippen molar-refractivity contribution in [3.8, 4) is 0 Å². The maximum Gasteiger partial charge on any atom is 0.227 e. The Bertz CT molecular complexity index is 586. The zero-order valence-corrected chi connectivity index (χ0v) is 10.6. The van der Waals surface area contributed by atoms with Gasteiger partial charge in [0.25, 0.3) is 0 Å². The molecule has 1 saturated heterocycles. The van der Waals surface area contributed by atoms with Crippen LogP contribution in [0.5, 0.6) is 0 Å². The molecule has 3 rings (SSSR count). The van der Waals surface area contributed by atoms with Crippen molar-refractivity contribution >= 4 is 22.5 Å². The molecular weight excluding hydrogens is 240 g/mol. The Morgan fingerprint density at radius 1 is 1.21 bits per heavy atom. The van der Waals surface area contributed by atoms with Gasteiger partial charge in [0.05, 0.1) is 11.2 Å². The van der Waals surface area contributed by atoms with Crippen molar-refractivity contribution in [2.24, 2.45) is 5.92 Å². The van der Waals surface area contributed by atoms with Crippen LogP contribution in [0.15, 0.2) is 36.5 Å². The first-order chi connectivity index (χ1) is 9.34. The van der Waals surface area contributed by atoms with E-state index in [1.807, 2.05) is 30.3 Å². The normalized spacial score (nSPS) is 16.4. The third kappa shape index (κ3) is 2.58. The van der Waals surface area contributed by atoms with E-state index in [9.17, 15) is 4.79 Å². The second-order valence-corrected chi connectivity index (χ2v) is 4.76. The molecule has 0 aliphatic carbocycles. The van der Waals surface area contributed by atoms with Gasteiger partial charge in [0.2, 0.25) is 5.91 Å². The molecule has 0 atom stereocenters. The van der Waals surface area contributed by atoms with Crippen LogP contribution in [-0.4, -0.2) is 24.1 Å². The smallest absolute Gasteiger partial charge is 0.227 e. The van der Waals surface area contributed by atoms with E-state index in [1.165, 1.54) is 0 Å². The summed E-state index contributed by atoms with van der Waals surface area (Å²) in [4.78, 5) is 16.6. The van der Waals surface area contributed by atoms with E-state index in [2.05, 4.69) is 10.3 Å². The molecule has 1 N–H and O–H groups in total. The maximum absolute atomic E-state index is 12.2. The number of rotatable bonds is 2. The van der Waals surface area contributed by atoms with Crippen molar-refractivity contribution in [2.45, 2.75) is 12.8 Å². The first-order valence-corrected chi connectivity index (χ1v) is 6.57. The SMILES string of the molecule is O=C(Nc1cccc2cccnc12)C1CCOCC1. The highest BCUT2D eigenvalue weighted by molar-refractivity contribution is 6.01. The van der Waals surface area contributed by atoms with Crippen molar-refractivity contribution < 1.29 is 9.53 Å². The lowest BCUT2D eigenvalue weighted by atomic mass is 9.99. The fourth-order valence-electron chi connectivity index (χ4n) is 2.40. The number of benzene rings is 1. The zero-order chi connectivity index (χ0) is 13.1. The molecule has 1 aliphatic rings. The predicted molar refractivity (Wildman–Crippen MR) is 73.9 cm³/mol. The molecule has 0 radical (unpaired) electrons. The number of hydrogen-bond donors (Lipinski definition) is 1. The molecular formula is C15H16N2O2. The first-order valence-electron chi connectivity index (χ1n) is 6.57. The third-order valence-electron chi connectivity index (χ3n) is 3.48. The van der Waals surface area contributed by atoms with Gasteiger partial charge in [-0.2, -0.15) is 0 Å². The van der Waals surface area contributed by atoms with E-state index in [1.54, 1.807) is 6.20 Å². The van der Waals surface area contributed by atoms with Crippen molar-refractivity contribution in [1.29, 1.82) is 0 Å². The van der Waals surface area contributed by atoms with E-state index in [4.69, 9.17) is 4.74 Å². The molecule has 1 aliphatic heterocycles. The maximum atomic E-state index is 12.2. The second-order valence-electron chi connectivity index (χ2n) is 4.76. The molecule has 1 amide bonds. The first kappa shape index (κ1) is 12.1. The molecule has 2 aromatic rings. The Balaban J connectivity index is 1.82. The minimum absolute atomic E-state index is 0.0488. The van der Waals surface area contributed by atoms with Gasteiger partial charge >= 0.3 is 0 Å². The summed E-state index contributed by atoms with van der Waals surface area (Å²) in [5.74, 6) is 0.120. The minimum Gasteiger partial charge on any atom is -0.381 e. The standard InChI is InChI=1S/C15H16N2O2/c18-15(12-6-9-19-10-7-12)17-13-5-1-3-11-4-2-8-16-14(11)13/h1-5,8,12H,6-7,9-10H2,(H,17,18). The quantitative estimate of drug-likeness (QED) is 0.898. The van der Waals surface area contributed by atoms with Gasteiger partial charge in [-0.15, -0.1) is 0 Å². The summed E-state index contributed by atoms with van der Waals surface area (Å²) in [6, 6.07) is 9.71. The van der Waals surface area contributed by atoms with Crippen LogP contribution < -0.4 is 5.32 Å². The number of hydrogen-bond acceptors (Lipinski definition) is 3. The van der Waals surface area contributed by atoms with Gasteiger partial charge in [0, 0.05) is 30.7 Å². The number of aromatic nitrogens is 1. The molecule has 0 unspecified atom stereocenters. The minimum atomic E-state index is 0.0488. The summed E-state index contributed by atoms with van der Waals surface area (Å²) in [5.41, 5.74) is 1.63. The molecule has 4 nitrogen and oxygen atoms in total. The highest BCUT2D eigenvalue weighted by Crippen LogP contribution is 2.23. The summed E-state index contributed by atoms with van der Waals surface area (Å²) < 4.78 is 5.28. The van der Waals surface area contributed by atoms with Crippen LogP contribution in [0.2, 0.25) is 0 Å². The summed E-state index contributed by atoms with van der Waals surface area (Å²) in [7, 11) is 0. The van der Waals surface area contributed by atoms with Crippen molar-refractivity contribution in [2.75, 3.05) is 18.5 Å². The van der Waals surface area contributed by atoms with Crippen LogP contribution in [0.25, 0.3) is 10.9 Å². The second kappa shape index (κ2) is 5.36. The number of nitrogens with zero attached hydrogens (tertiary/aromatic N) is 1. The summed E-state index contributed by atoms with van der Waals surface area (Å²) >= 11 is 0. The van der Waals surface area contributed by atoms with Crippen LogP contribution in [0.1, 0.15) is 12.8 Å². The number of nitrogens with one attached hydrogen (secondary N) is 1. The van der Waals surface area contributed by atoms with Gasteiger partial charge in [-0.05, 0) is 25.0 Å². The van der Waals surface area contributed by atoms with Crippen LogP contribution in [0.4, 0.5) is 5.69 Å². The molecule has 1 aromatic carbocycles. The van der Waals surface area contributed by atoms with Crippen molar-refractivity contribution in [3.05, 3.63) is 36.5 Å². The number of amides is 1. The summed E-state index contributed by atoms with van der Waals surface area (Å²) in [6.45, 7) is 1.34. The van der Waals surface area contributed by atoms with Crippen LogP contribution in [0.3, 0.4) is 0 Å². The molecule has 19 heavy (non-hydrogen) atoms. The number of carbonyl (C=O) groups excluding carboxylic acids is 1. The van der Waals surface area contributed by atoms with E-state index in [0.29, 0.717) is 13.2 Å². The molecule has 2 heterocycles. The van der Waals surface area contributed by atoms with E-state index >= 15 is 0 Å². The molecule has 98 valence electrons. The molecule has 0 spiro atoms. The fourth-order valence-corrected chi connectivity index (χ4v) is 2.40. The Morgan fingerprint density at radius 2 is 2.00 bits per heavy atom. The molecule has 0 saturated carbocycles. The Kier molecular flexibility index (Phi) is 3.42. The highest BCUT2D eigenvalue weighted by Gasteiger charge is 2.22. The van der Waals surface area contributed by atoms with Crippen LogP contribution >= 0.6 is 0 Å². The monoisotopic (exact) mass is 256 g/mol. The Hall–Kier alpha value is -1.94. The van der Waals surface area contributed by atoms with Crippen LogP contribution in [-0.2, 0) is 9.53 Å². The summed E-state index contributed by atoms with van der Waals surface area (Å²) in [5, 5.41) is 4.03. The fraction of sp³-hybridized carbons (Fsp3) is 0.333. The number of carbonyl (C=O) groups is 1. The van der Waals surface area contributed by atoms with Gasteiger partial charge in [-0.25, -0.2) is 0 Å². The van der Waals surface area contributed by atoms with E-state index < -0.39 is 0 Å². The number of para-hydroxylation sites is 1. The average molecular weight is 256 g/mol. The molecule has 1 aromatic heterocycles. The Labute approximate surface area is 111 Å². The summed E-state index contributed by atoms with van der Waals surface area (Å²) in [6.07, 6.45) is 3.33. The largest absolute Gasteiger partial charge is 0.381 e. The number of pyridine rings is 1. The molecule has 0 bridgehead atoms. The van der Waals surface area contributed by atoms with Crippen molar-refractivity contribution in [1.82, 2.24) is 4.98 Å². The molecule has 1 fully saturated rings. The number of anilines is 1. The number of fused-ring (bicyclic) bond motifs is 1. The topological polar surface area (TPSA) is 51.2 Å². The Morgan fingerprint density at radius 3 is 2.84 bits per heavy atom.